The minimum absolute atomic E-state index is 0.0705. The van der Waals surface area contributed by atoms with Gasteiger partial charge in [0.25, 0.3) is 0 Å². The molecule has 0 unspecified atom stereocenters. The number of ether oxygens (including phenoxy) is 1. The number of benzene rings is 1. The summed E-state index contributed by atoms with van der Waals surface area (Å²) in [6.07, 6.45) is 0. The van der Waals surface area contributed by atoms with Gasteiger partial charge in [0.1, 0.15) is 28.3 Å². The molecule has 6 heteroatoms. The Morgan fingerprint density at radius 1 is 1.39 bits per heavy atom. The fourth-order valence-electron chi connectivity index (χ4n) is 1.27. The van der Waals surface area contributed by atoms with E-state index in [4.69, 9.17) is 15.1 Å². The SMILES string of the molecule is N#Cc1ccc(Oc2csc(C(=O)O)c2)cc1F. The van der Waals surface area contributed by atoms with Crippen molar-refractivity contribution < 1.29 is 19.0 Å². The van der Waals surface area contributed by atoms with Gasteiger partial charge in [-0.05, 0) is 12.1 Å². The highest BCUT2D eigenvalue weighted by Gasteiger charge is 2.09. The largest absolute Gasteiger partial charge is 0.477 e. The lowest BCUT2D eigenvalue weighted by molar-refractivity contribution is 0.0702. The van der Waals surface area contributed by atoms with E-state index < -0.39 is 11.8 Å². The van der Waals surface area contributed by atoms with Crippen molar-refractivity contribution in [2.75, 3.05) is 0 Å². The molecule has 0 amide bonds. The van der Waals surface area contributed by atoms with Crippen LogP contribution in [-0.2, 0) is 0 Å². The lowest BCUT2D eigenvalue weighted by atomic mass is 10.2. The van der Waals surface area contributed by atoms with Gasteiger partial charge in [-0.2, -0.15) is 5.26 Å². The first-order chi connectivity index (χ1) is 8.60. The van der Waals surface area contributed by atoms with Crippen LogP contribution in [0.4, 0.5) is 4.39 Å². The molecule has 0 saturated heterocycles. The van der Waals surface area contributed by atoms with Crippen molar-refractivity contribution in [2.45, 2.75) is 0 Å². The van der Waals surface area contributed by atoms with Crippen LogP contribution in [-0.4, -0.2) is 11.1 Å². The number of halogens is 1. The van der Waals surface area contributed by atoms with Crippen LogP contribution >= 0.6 is 11.3 Å². The molecule has 0 aliphatic heterocycles. The molecule has 2 rings (SSSR count). The highest BCUT2D eigenvalue weighted by molar-refractivity contribution is 7.12. The van der Waals surface area contributed by atoms with E-state index in [0.717, 1.165) is 17.4 Å². The van der Waals surface area contributed by atoms with Gasteiger partial charge in [-0.15, -0.1) is 11.3 Å². The molecule has 0 aliphatic rings. The Labute approximate surface area is 105 Å². The number of aromatic carboxylic acids is 1. The lowest BCUT2D eigenvalue weighted by Gasteiger charge is -2.03. The molecular formula is C12H6FNO3S. The number of carboxylic acid groups (broad SMARTS) is 1. The number of hydrogen-bond donors (Lipinski definition) is 1. The average molecular weight is 263 g/mol. The van der Waals surface area contributed by atoms with E-state index in [9.17, 15) is 9.18 Å². The maximum absolute atomic E-state index is 13.3. The molecule has 0 bridgehead atoms. The van der Waals surface area contributed by atoms with Gasteiger partial charge in [-0.25, -0.2) is 9.18 Å². The second-order valence-corrected chi connectivity index (χ2v) is 4.22. The van der Waals surface area contributed by atoms with E-state index in [1.807, 2.05) is 0 Å². The standard InChI is InChI=1S/C12H6FNO3S/c13-10-3-8(2-1-7(10)5-14)17-9-4-11(12(15)16)18-6-9/h1-4,6H,(H,15,16). The van der Waals surface area contributed by atoms with E-state index in [0.29, 0.717) is 5.75 Å². The Morgan fingerprint density at radius 2 is 2.17 bits per heavy atom. The Kier molecular flexibility index (Phi) is 3.26. The molecular weight excluding hydrogens is 257 g/mol. The lowest BCUT2D eigenvalue weighted by Crippen LogP contribution is -1.90. The van der Waals surface area contributed by atoms with Crippen molar-refractivity contribution in [3.8, 4) is 17.6 Å². The number of rotatable bonds is 3. The number of nitriles is 1. The molecule has 0 atom stereocenters. The van der Waals surface area contributed by atoms with Crippen LogP contribution in [0.1, 0.15) is 15.2 Å². The summed E-state index contributed by atoms with van der Waals surface area (Å²) in [5.41, 5.74) is -0.0705. The third kappa shape index (κ3) is 2.47. The number of carboxylic acids is 1. The van der Waals surface area contributed by atoms with Crippen molar-refractivity contribution in [3.63, 3.8) is 0 Å². The molecule has 0 aliphatic carbocycles. The number of nitrogens with zero attached hydrogens (tertiary/aromatic N) is 1. The summed E-state index contributed by atoms with van der Waals surface area (Å²) in [7, 11) is 0. The first-order valence-electron chi connectivity index (χ1n) is 4.79. The van der Waals surface area contributed by atoms with Crippen LogP contribution in [0.3, 0.4) is 0 Å². The Morgan fingerprint density at radius 3 is 2.72 bits per heavy atom. The van der Waals surface area contributed by atoms with Crippen LogP contribution in [0.15, 0.2) is 29.6 Å². The third-order valence-electron chi connectivity index (χ3n) is 2.08. The summed E-state index contributed by atoms with van der Waals surface area (Å²) >= 11 is 1.02. The topological polar surface area (TPSA) is 70.3 Å². The monoisotopic (exact) mass is 263 g/mol. The highest BCUT2D eigenvalue weighted by atomic mass is 32.1. The zero-order valence-electron chi connectivity index (χ0n) is 8.88. The summed E-state index contributed by atoms with van der Waals surface area (Å²) in [6, 6.07) is 6.87. The second-order valence-electron chi connectivity index (χ2n) is 3.31. The normalized spacial score (nSPS) is 9.78. The molecule has 18 heavy (non-hydrogen) atoms. The second kappa shape index (κ2) is 4.85. The van der Waals surface area contributed by atoms with Gasteiger partial charge < -0.3 is 9.84 Å². The van der Waals surface area contributed by atoms with Crippen molar-refractivity contribution >= 4 is 17.3 Å². The van der Waals surface area contributed by atoms with Gasteiger partial charge in [0, 0.05) is 17.5 Å². The van der Waals surface area contributed by atoms with Crippen molar-refractivity contribution in [3.05, 3.63) is 45.9 Å². The van der Waals surface area contributed by atoms with Crippen molar-refractivity contribution in [1.82, 2.24) is 0 Å². The first kappa shape index (κ1) is 12.1. The Hall–Kier alpha value is -2.39. The van der Waals surface area contributed by atoms with Crippen LogP contribution in [0.5, 0.6) is 11.5 Å². The molecule has 0 fully saturated rings. The molecule has 1 aromatic heterocycles. The quantitative estimate of drug-likeness (QED) is 0.922. The van der Waals surface area contributed by atoms with Gasteiger partial charge in [-0.3, -0.25) is 0 Å². The maximum Gasteiger partial charge on any atom is 0.346 e. The van der Waals surface area contributed by atoms with E-state index in [2.05, 4.69) is 0 Å². The highest BCUT2D eigenvalue weighted by Crippen LogP contribution is 2.27. The average Bonchev–Trinajstić information content (AvgIpc) is 2.78. The van der Waals surface area contributed by atoms with Crippen LogP contribution < -0.4 is 4.74 Å². The van der Waals surface area contributed by atoms with E-state index in [1.54, 1.807) is 6.07 Å². The minimum Gasteiger partial charge on any atom is -0.477 e. The maximum atomic E-state index is 13.3. The summed E-state index contributed by atoms with van der Waals surface area (Å²) < 4.78 is 18.6. The molecule has 1 aromatic carbocycles. The van der Waals surface area contributed by atoms with Crippen molar-refractivity contribution in [1.29, 1.82) is 5.26 Å². The summed E-state index contributed by atoms with van der Waals surface area (Å²) in [6.45, 7) is 0. The van der Waals surface area contributed by atoms with Gasteiger partial charge in [0.05, 0.1) is 5.56 Å². The molecule has 1 heterocycles. The van der Waals surface area contributed by atoms with Crippen molar-refractivity contribution in [2.24, 2.45) is 0 Å². The van der Waals surface area contributed by atoms with Gasteiger partial charge in [-0.1, -0.05) is 0 Å². The smallest absolute Gasteiger partial charge is 0.346 e. The molecule has 0 radical (unpaired) electrons. The minimum atomic E-state index is -1.04. The molecule has 0 spiro atoms. The predicted octanol–water partition coefficient (Wildman–Crippen LogP) is 3.25. The molecule has 90 valence electrons. The van der Waals surface area contributed by atoms with Gasteiger partial charge in [0.15, 0.2) is 0 Å². The van der Waals surface area contributed by atoms with E-state index >= 15 is 0 Å². The first-order valence-corrected chi connectivity index (χ1v) is 5.67. The zero-order chi connectivity index (χ0) is 13.1. The molecule has 0 saturated carbocycles. The number of carbonyl (C=O) groups is 1. The van der Waals surface area contributed by atoms with Crippen LogP contribution in [0, 0.1) is 17.1 Å². The van der Waals surface area contributed by atoms with Gasteiger partial charge in [0.2, 0.25) is 0 Å². The number of thiophene rings is 1. The Bertz CT molecular complexity index is 645. The third-order valence-corrected chi connectivity index (χ3v) is 2.98. The fraction of sp³-hybridized carbons (Fsp3) is 0. The number of hydrogen-bond acceptors (Lipinski definition) is 4. The van der Waals surface area contributed by atoms with Gasteiger partial charge >= 0.3 is 5.97 Å². The molecule has 4 nitrogen and oxygen atoms in total. The van der Waals surface area contributed by atoms with Crippen LogP contribution in [0.25, 0.3) is 0 Å². The fourth-order valence-corrected chi connectivity index (χ4v) is 1.91. The Balaban J connectivity index is 2.21. The van der Waals surface area contributed by atoms with E-state index in [1.165, 1.54) is 23.6 Å². The molecule has 1 N–H and O–H groups in total. The summed E-state index contributed by atoms with van der Waals surface area (Å²) in [4.78, 5) is 10.8. The molecule has 2 aromatic rings. The zero-order valence-corrected chi connectivity index (χ0v) is 9.70. The summed E-state index contributed by atoms with van der Waals surface area (Å²) in [5, 5.41) is 18.8. The summed E-state index contributed by atoms with van der Waals surface area (Å²) in [5.74, 6) is -1.19. The van der Waals surface area contributed by atoms with E-state index in [-0.39, 0.29) is 16.2 Å². The van der Waals surface area contributed by atoms with Crippen LogP contribution in [0.2, 0.25) is 0 Å². The predicted molar refractivity (Wildman–Crippen MR) is 62.5 cm³/mol.